The summed E-state index contributed by atoms with van der Waals surface area (Å²) < 4.78 is 41.1. The van der Waals surface area contributed by atoms with E-state index in [1.54, 1.807) is 51.8 Å². The molecule has 0 spiro atoms. The van der Waals surface area contributed by atoms with Crippen molar-refractivity contribution in [2.75, 3.05) is 5.73 Å². The minimum atomic E-state index is -0.416. The van der Waals surface area contributed by atoms with Gasteiger partial charge in [0.2, 0.25) is 11.8 Å². The number of ether oxygens (including phenoxy) is 2. The lowest BCUT2D eigenvalue weighted by Gasteiger charge is -2.09. The summed E-state index contributed by atoms with van der Waals surface area (Å²) in [5, 5.41) is 8.99. The van der Waals surface area contributed by atoms with Gasteiger partial charge in [-0.05, 0) is 73.5 Å². The lowest BCUT2D eigenvalue weighted by atomic mass is 10.1. The third-order valence-corrected chi connectivity index (χ3v) is 6.85. The molecule has 9 nitrogen and oxygen atoms in total. The van der Waals surface area contributed by atoms with Crippen molar-refractivity contribution >= 4 is 17.1 Å². The molecule has 234 valence electrons. The predicted octanol–water partition coefficient (Wildman–Crippen LogP) is 9.69. The molecule has 6 aromatic rings. The van der Waals surface area contributed by atoms with Crippen molar-refractivity contribution < 1.29 is 18.3 Å². The van der Waals surface area contributed by atoms with Crippen LogP contribution in [-0.4, -0.2) is 19.6 Å². The zero-order chi connectivity index (χ0) is 33.3. The van der Waals surface area contributed by atoms with E-state index < -0.39 is 5.82 Å². The Morgan fingerprint density at radius 3 is 1.66 bits per heavy atom. The molecule has 0 amide bonds. The van der Waals surface area contributed by atoms with Gasteiger partial charge in [-0.25, -0.2) is 27.8 Å². The number of rotatable bonds is 8. The van der Waals surface area contributed by atoms with Crippen LogP contribution >= 0.6 is 0 Å². The highest BCUT2D eigenvalue weighted by molar-refractivity contribution is 5.67. The summed E-state index contributed by atoms with van der Waals surface area (Å²) in [5.74, 6) is 1.26. The molecule has 0 aliphatic carbocycles. The maximum Gasteiger partial charge on any atom is 0.218 e. The minimum absolute atomic E-state index is 0.218. The third kappa shape index (κ3) is 7.80. The number of hydrogen-bond acceptors (Lipinski definition) is 5. The Balaban J connectivity index is 0.000000185. The zero-order valence-corrected chi connectivity index (χ0v) is 25.6. The van der Waals surface area contributed by atoms with Gasteiger partial charge < -0.3 is 15.2 Å². The molecule has 2 heterocycles. The maximum atomic E-state index is 13.2. The molecule has 0 unspecified atom stereocenters. The Morgan fingerprint density at radius 1 is 0.660 bits per heavy atom. The van der Waals surface area contributed by atoms with Gasteiger partial charge in [0.15, 0.2) is 17.1 Å². The first-order chi connectivity index (χ1) is 22.8. The number of aryl methyl sites for hydroxylation is 2. The third-order valence-electron chi connectivity index (χ3n) is 6.85. The summed E-state index contributed by atoms with van der Waals surface area (Å²) >= 11 is 0. The number of nitrogens with zero attached hydrogens (tertiary/aromatic N) is 6. The van der Waals surface area contributed by atoms with Crippen LogP contribution < -0.4 is 15.2 Å². The standard InChI is InChI=1S/C18H15FN4O.C18H14FN3O/c1-3-23-18(24-17-8-7-13(19)10-15(17)20)11-16(22-23)12-5-4-6-14(9-12)21-2;1-3-22-18(23-16-9-7-14(19)8-10-16)12-17(21-22)13-5-4-6-15(11-13)20-2/h4-11H,3,20H2,1H3;4-12H,3H2,1H3. The second-order valence-corrected chi connectivity index (χ2v) is 10.0. The number of aromatic nitrogens is 4. The van der Waals surface area contributed by atoms with E-state index in [0.29, 0.717) is 53.4 Å². The van der Waals surface area contributed by atoms with Gasteiger partial charge in [0.05, 0.1) is 30.2 Å². The van der Waals surface area contributed by atoms with Crippen molar-refractivity contribution in [2.24, 2.45) is 0 Å². The monoisotopic (exact) mass is 629 g/mol. The average molecular weight is 630 g/mol. The van der Waals surface area contributed by atoms with Crippen molar-refractivity contribution in [3.05, 3.63) is 138 Å². The first-order valence-electron chi connectivity index (χ1n) is 14.6. The summed E-state index contributed by atoms with van der Waals surface area (Å²) in [6.07, 6.45) is 0. The van der Waals surface area contributed by atoms with Crippen molar-refractivity contribution in [1.82, 2.24) is 19.6 Å². The number of hydrogen-bond donors (Lipinski definition) is 1. The molecule has 0 radical (unpaired) electrons. The van der Waals surface area contributed by atoms with Crippen LogP contribution in [0.1, 0.15) is 13.8 Å². The molecule has 0 saturated carbocycles. The first-order valence-corrected chi connectivity index (χ1v) is 14.6. The molecule has 2 N–H and O–H groups in total. The number of nitrogen functional groups attached to an aromatic ring is 1. The summed E-state index contributed by atoms with van der Waals surface area (Å²) in [5.41, 5.74) is 10.2. The largest absolute Gasteiger partial charge is 0.439 e. The van der Waals surface area contributed by atoms with Crippen LogP contribution in [0.3, 0.4) is 0 Å². The van der Waals surface area contributed by atoms with Crippen molar-refractivity contribution in [3.8, 4) is 45.8 Å². The highest BCUT2D eigenvalue weighted by Gasteiger charge is 2.14. The summed E-state index contributed by atoms with van der Waals surface area (Å²) in [4.78, 5) is 6.86. The number of anilines is 1. The van der Waals surface area contributed by atoms with E-state index in [-0.39, 0.29) is 11.5 Å². The summed E-state index contributed by atoms with van der Waals surface area (Å²) in [7, 11) is 0. The molecule has 11 heteroatoms. The topological polar surface area (TPSA) is 88.8 Å². The molecule has 0 atom stereocenters. The second kappa shape index (κ2) is 14.5. The van der Waals surface area contributed by atoms with Crippen LogP contribution in [0.25, 0.3) is 32.2 Å². The van der Waals surface area contributed by atoms with E-state index in [2.05, 4.69) is 19.9 Å². The predicted molar refractivity (Wildman–Crippen MR) is 177 cm³/mol. The van der Waals surface area contributed by atoms with Crippen molar-refractivity contribution in [2.45, 2.75) is 26.9 Å². The second-order valence-electron chi connectivity index (χ2n) is 10.0. The smallest absolute Gasteiger partial charge is 0.218 e. The van der Waals surface area contributed by atoms with Crippen LogP contribution in [0.15, 0.2) is 103 Å². The van der Waals surface area contributed by atoms with Crippen molar-refractivity contribution in [3.63, 3.8) is 0 Å². The lowest BCUT2D eigenvalue weighted by Crippen LogP contribution is -2.01. The van der Waals surface area contributed by atoms with Gasteiger partial charge >= 0.3 is 0 Å². The summed E-state index contributed by atoms with van der Waals surface area (Å²) in [6.45, 7) is 19.3. The van der Waals surface area contributed by atoms with Crippen LogP contribution in [0.4, 0.5) is 25.8 Å². The molecule has 4 aromatic carbocycles. The fraction of sp³-hybridized carbons (Fsp3) is 0.111. The molecule has 47 heavy (non-hydrogen) atoms. The van der Waals surface area contributed by atoms with Gasteiger partial charge in [-0.2, -0.15) is 10.2 Å². The van der Waals surface area contributed by atoms with E-state index in [0.717, 1.165) is 16.8 Å². The normalized spacial score (nSPS) is 10.3. The van der Waals surface area contributed by atoms with E-state index in [9.17, 15) is 8.78 Å². The van der Waals surface area contributed by atoms with E-state index in [4.69, 9.17) is 28.4 Å². The molecule has 0 fully saturated rings. The van der Waals surface area contributed by atoms with Gasteiger partial charge in [0.1, 0.15) is 17.4 Å². The van der Waals surface area contributed by atoms with E-state index in [1.165, 1.54) is 30.3 Å². The SMILES string of the molecule is [C-]#[N+]c1cccc(-c2cc(Oc3ccc(F)cc3)n(CC)n2)c1.[C-]#[N+]c1cccc(-c2cc(Oc3ccc(F)cc3N)n(CC)n2)c1. The highest BCUT2D eigenvalue weighted by Crippen LogP contribution is 2.32. The molecule has 0 bridgehead atoms. The fourth-order valence-corrected chi connectivity index (χ4v) is 4.52. The molecule has 6 rings (SSSR count). The van der Waals surface area contributed by atoms with Crippen LogP contribution in [-0.2, 0) is 13.1 Å². The van der Waals surface area contributed by atoms with E-state index >= 15 is 0 Å². The highest BCUT2D eigenvalue weighted by atomic mass is 19.1. The van der Waals surface area contributed by atoms with Gasteiger partial charge in [-0.1, -0.05) is 36.4 Å². The minimum Gasteiger partial charge on any atom is -0.439 e. The summed E-state index contributed by atoms with van der Waals surface area (Å²) in [6, 6.07) is 27.9. The Kier molecular flexibility index (Phi) is 9.89. The molecular weight excluding hydrogens is 600 g/mol. The zero-order valence-electron chi connectivity index (χ0n) is 25.6. The fourth-order valence-electron chi connectivity index (χ4n) is 4.52. The van der Waals surface area contributed by atoms with Crippen LogP contribution in [0, 0.1) is 24.8 Å². The quantitative estimate of drug-likeness (QED) is 0.134. The molecule has 0 aliphatic rings. The lowest BCUT2D eigenvalue weighted by molar-refractivity contribution is 0.416. The van der Waals surface area contributed by atoms with E-state index in [1.807, 2.05) is 44.2 Å². The average Bonchev–Trinajstić information content (AvgIpc) is 3.71. The maximum absolute atomic E-state index is 13.2. The number of benzene rings is 4. The molecule has 0 aliphatic heterocycles. The Bertz CT molecular complexity index is 2090. The Hall–Kier alpha value is -6.46. The van der Waals surface area contributed by atoms with Crippen LogP contribution in [0.2, 0.25) is 0 Å². The number of halogens is 2. The van der Waals surface area contributed by atoms with Gasteiger partial charge in [0.25, 0.3) is 0 Å². The van der Waals surface area contributed by atoms with Gasteiger partial charge in [-0.3, -0.25) is 0 Å². The molecule has 2 aromatic heterocycles. The number of nitrogens with two attached hydrogens (primary N) is 1. The van der Waals surface area contributed by atoms with Crippen LogP contribution in [0.5, 0.6) is 23.3 Å². The molecular formula is C36H29F2N7O2. The first kappa shape index (κ1) is 31.9. The Labute approximate surface area is 270 Å². The van der Waals surface area contributed by atoms with Crippen molar-refractivity contribution in [1.29, 1.82) is 0 Å². The Morgan fingerprint density at radius 2 is 1.17 bits per heavy atom. The van der Waals surface area contributed by atoms with Gasteiger partial charge in [0, 0.05) is 31.3 Å². The molecule has 0 saturated heterocycles. The van der Waals surface area contributed by atoms with Gasteiger partial charge in [-0.15, -0.1) is 0 Å².